The van der Waals surface area contributed by atoms with E-state index >= 15 is 0 Å². The molecule has 1 aromatic heterocycles. The molecule has 1 aromatic carbocycles. The van der Waals surface area contributed by atoms with Crippen molar-refractivity contribution in [2.75, 3.05) is 4.90 Å². The Morgan fingerprint density at radius 3 is 2.29 bits per heavy atom. The zero-order valence-corrected chi connectivity index (χ0v) is 12.9. The monoisotopic (exact) mass is 302 g/mol. The Labute approximate surface area is 128 Å². The minimum absolute atomic E-state index is 0.172. The summed E-state index contributed by atoms with van der Waals surface area (Å²) in [7, 11) is 0. The van der Waals surface area contributed by atoms with E-state index in [-0.39, 0.29) is 18.0 Å². The molecule has 0 bridgehead atoms. The number of carbonyl (C=O) groups is 2. The molecule has 2 heterocycles. The first kappa shape index (κ1) is 15.3. The smallest absolute Gasteiger partial charge is 0.325 e. The minimum atomic E-state index is -0.377. The van der Waals surface area contributed by atoms with Gasteiger partial charge in [-0.15, -0.1) is 11.3 Å². The number of hydrogen-bond donors (Lipinski definition) is 1. The Balaban J connectivity index is 0.000000225. The van der Waals surface area contributed by atoms with Gasteiger partial charge in [0.15, 0.2) is 0 Å². The highest BCUT2D eigenvalue weighted by molar-refractivity contribution is 7.09. The third-order valence-corrected chi connectivity index (χ3v) is 3.91. The molecule has 0 spiro atoms. The number of nitrogens with zero attached hydrogens (tertiary/aromatic N) is 1. The predicted octanol–water partition coefficient (Wildman–Crippen LogP) is 3.58. The number of para-hydroxylation sites is 1. The molecule has 4 nitrogen and oxygen atoms in total. The molecule has 2 aromatic rings. The van der Waals surface area contributed by atoms with Gasteiger partial charge in [0, 0.05) is 4.88 Å². The highest BCUT2D eigenvalue weighted by atomic mass is 32.1. The normalized spacial score (nSPS) is 17.2. The average Bonchev–Trinajstić information content (AvgIpc) is 3.07. The van der Waals surface area contributed by atoms with Gasteiger partial charge in [-0.1, -0.05) is 31.2 Å². The minimum Gasteiger partial charge on any atom is -0.325 e. The van der Waals surface area contributed by atoms with Crippen molar-refractivity contribution in [3.63, 3.8) is 0 Å². The standard InChI is InChI=1S/C11H12N2O2.C5H6S/c1-2-9-10(14)13(11(15)12-9)8-6-4-3-5-7-8;1-5-3-2-4-6-5/h3-7,9H,2H2,1H3,(H,12,15);2-4H,1H3. The molecule has 0 saturated carbocycles. The first-order valence-electron chi connectivity index (χ1n) is 6.83. The fourth-order valence-corrected chi connectivity index (χ4v) is 2.52. The van der Waals surface area contributed by atoms with Gasteiger partial charge in [-0.25, -0.2) is 9.69 Å². The molecule has 5 heteroatoms. The Morgan fingerprint density at radius 2 is 1.86 bits per heavy atom. The van der Waals surface area contributed by atoms with Crippen LogP contribution in [-0.2, 0) is 4.79 Å². The number of benzene rings is 1. The summed E-state index contributed by atoms with van der Waals surface area (Å²) >= 11 is 1.78. The third-order valence-electron chi connectivity index (χ3n) is 3.11. The molecule has 3 amide bonds. The lowest BCUT2D eigenvalue weighted by Crippen LogP contribution is -2.31. The van der Waals surface area contributed by atoms with Gasteiger partial charge in [0.25, 0.3) is 5.91 Å². The zero-order valence-electron chi connectivity index (χ0n) is 12.1. The topological polar surface area (TPSA) is 49.4 Å². The fraction of sp³-hybridized carbons (Fsp3) is 0.250. The summed E-state index contributed by atoms with van der Waals surface area (Å²) in [4.78, 5) is 25.9. The van der Waals surface area contributed by atoms with E-state index in [0.717, 1.165) is 0 Å². The van der Waals surface area contributed by atoms with Crippen LogP contribution in [0, 0.1) is 6.92 Å². The van der Waals surface area contributed by atoms with Crippen LogP contribution in [0.15, 0.2) is 47.8 Å². The molecule has 1 aliphatic rings. The second-order valence-corrected chi connectivity index (χ2v) is 5.80. The largest absolute Gasteiger partial charge is 0.329 e. The van der Waals surface area contributed by atoms with Gasteiger partial charge in [0.05, 0.1) is 5.69 Å². The predicted molar refractivity (Wildman–Crippen MR) is 85.6 cm³/mol. The van der Waals surface area contributed by atoms with Crippen molar-refractivity contribution < 1.29 is 9.59 Å². The zero-order chi connectivity index (χ0) is 15.2. The maximum Gasteiger partial charge on any atom is 0.329 e. The van der Waals surface area contributed by atoms with E-state index in [1.165, 1.54) is 9.78 Å². The van der Waals surface area contributed by atoms with Crippen LogP contribution < -0.4 is 10.2 Å². The number of nitrogens with one attached hydrogen (secondary N) is 1. The molecular weight excluding hydrogens is 284 g/mol. The molecule has 3 rings (SSSR count). The summed E-state index contributed by atoms with van der Waals surface area (Å²) in [5, 5.41) is 4.72. The summed E-state index contributed by atoms with van der Waals surface area (Å²) < 4.78 is 0. The Kier molecular flexibility index (Phi) is 5.11. The van der Waals surface area contributed by atoms with E-state index < -0.39 is 0 Å². The van der Waals surface area contributed by atoms with Gasteiger partial charge < -0.3 is 5.32 Å². The van der Waals surface area contributed by atoms with Gasteiger partial charge in [0.2, 0.25) is 0 Å². The number of anilines is 1. The number of imide groups is 1. The molecule has 21 heavy (non-hydrogen) atoms. The fourth-order valence-electron chi connectivity index (χ4n) is 1.99. The van der Waals surface area contributed by atoms with Gasteiger partial charge in [0.1, 0.15) is 6.04 Å². The van der Waals surface area contributed by atoms with Crippen LogP contribution in [0.1, 0.15) is 18.2 Å². The second kappa shape index (κ2) is 7.04. The number of amides is 3. The lowest BCUT2D eigenvalue weighted by atomic mass is 10.2. The van der Waals surface area contributed by atoms with E-state index in [9.17, 15) is 9.59 Å². The molecule has 1 aliphatic heterocycles. The van der Waals surface area contributed by atoms with Crippen molar-refractivity contribution in [3.05, 3.63) is 52.7 Å². The molecule has 1 unspecified atom stereocenters. The molecule has 1 saturated heterocycles. The van der Waals surface area contributed by atoms with E-state index in [1.807, 2.05) is 13.0 Å². The van der Waals surface area contributed by atoms with Crippen LogP contribution in [0.3, 0.4) is 0 Å². The number of carbonyl (C=O) groups excluding carboxylic acids is 2. The van der Waals surface area contributed by atoms with Crippen molar-refractivity contribution in [2.24, 2.45) is 0 Å². The van der Waals surface area contributed by atoms with Gasteiger partial charge in [-0.2, -0.15) is 0 Å². The number of hydrogen-bond acceptors (Lipinski definition) is 3. The van der Waals surface area contributed by atoms with Crippen LogP contribution in [0.4, 0.5) is 10.5 Å². The van der Waals surface area contributed by atoms with E-state index in [4.69, 9.17) is 0 Å². The first-order valence-corrected chi connectivity index (χ1v) is 7.71. The first-order chi connectivity index (χ1) is 10.1. The maximum atomic E-state index is 11.8. The molecule has 1 fully saturated rings. The maximum absolute atomic E-state index is 11.8. The number of rotatable bonds is 2. The van der Waals surface area contributed by atoms with Crippen molar-refractivity contribution in [1.29, 1.82) is 0 Å². The van der Waals surface area contributed by atoms with Crippen molar-refractivity contribution in [1.82, 2.24) is 5.32 Å². The summed E-state index contributed by atoms with van der Waals surface area (Å²) in [5.41, 5.74) is 0.621. The van der Waals surface area contributed by atoms with Gasteiger partial charge in [-0.05, 0) is 36.9 Å². The van der Waals surface area contributed by atoms with Gasteiger partial charge in [-0.3, -0.25) is 4.79 Å². The summed E-state index contributed by atoms with van der Waals surface area (Å²) in [5.74, 6) is -0.172. The Hall–Kier alpha value is -2.14. The molecule has 0 radical (unpaired) electrons. The Bertz CT molecular complexity index is 596. The molecule has 0 aliphatic carbocycles. The Morgan fingerprint density at radius 1 is 1.14 bits per heavy atom. The average molecular weight is 302 g/mol. The number of urea groups is 1. The quantitative estimate of drug-likeness (QED) is 0.862. The van der Waals surface area contributed by atoms with Crippen molar-refractivity contribution in [2.45, 2.75) is 26.3 Å². The second-order valence-electron chi connectivity index (χ2n) is 4.64. The summed E-state index contributed by atoms with van der Waals surface area (Å²) in [6, 6.07) is 12.4. The van der Waals surface area contributed by atoms with E-state index in [0.29, 0.717) is 12.1 Å². The van der Waals surface area contributed by atoms with E-state index in [2.05, 4.69) is 29.8 Å². The highest BCUT2D eigenvalue weighted by Gasteiger charge is 2.37. The lowest BCUT2D eigenvalue weighted by Gasteiger charge is -2.11. The molecule has 1 N–H and O–H groups in total. The van der Waals surface area contributed by atoms with Crippen LogP contribution >= 0.6 is 11.3 Å². The molecule has 110 valence electrons. The van der Waals surface area contributed by atoms with Crippen LogP contribution in [0.5, 0.6) is 0 Å². The highest BCUT2D eigenvalue weighted by Crippen LogP contribution is 2.19. The van der Waals surface area contributed by atoms with E-state index in [1.54, 1.807) is 35.6 Å². The van der Waals surface area contributed by atoms with Crippen LogP contribution in [0.25, 0.3) is 0 Å². The summed E-state index contributed by atoms with van der Waals surface area (Å²) in [6.45, 7) is 3.97. The molecule has 1 atom stereocenters. The molecular formula is C16H18N2O2S. The van der Waals surface area contributed by atoms with Gasteiger partial charge >= 0.3 is 6.03 Å². The number of aryl methyl sites for hydroxylation is 1. The van der Waals surface area contributed by atoms with Crippen LogP contribution in [0.2, 0.25) is 0 Å². The third kappa shape index (κ3) is 3.70. The van der Waals surface area contributed by atoms with Crippen LogP contribution in [-0.4, -0.2) is 18.0 Å². The lowest BCUT2D eigenvalue weighted by molar-refractivity contribution is -0.118. The SMILES string of the molecule is CCC1NC(=O)N(c2ccccc2)C1=O.Cc1cccs1. The van der Waals surface area contributed by atoms with Crippen molar-refractivity contribution in [3.8, 4) is 0 Å². The summed E-state index contributed by atoms with van der Waals surface area (Å²) in [6.07, 6.45) is 0.619. The van der Waals surface area contributed by atoms with Crippen molar-refractivity contribution >= 4 is 29.0 Å². The number of thiophene rings is 1.